The van der Waals surface area contributed by atoms with E-state index < -0.39 is 60.2 Å². The summed E-state index contributed by atoms with van der Waals surface area (Å²) in [6, 6.07) is 3.52. The van der Waals surface area contributed by atoms with Crippen molar-refractivity contribution in [3.8, 4) is 0 Å². The van der Waals surface area contributed by atoms with Gasteiger partial charge in [0.05, 0.1) is 42.7 Å². The van der Waals surface area contributed by atoms with Gasteiger partial charge in [0, 0.05) is 39.9 Å². The predicted molar refractivity (Wildman–Crippen MR) is 209 cm³/mol. The molecule has 0 aliphatic carbocycles. The lowest BCUT2D eigenvalue weighted by molar-refractivity contribution is -0.148. The first-order chi connectivity index (χ1) is 25.3. The first-order valence-electron chi connectivity index (χ1n) is 19.3. The largest absolute Gasteiger partial charge is 0.480 e. The van der Waals surface area contributed by atoms with Crippen molar-refractivity contribution in [1.29, 1.82) is 0 Å². The molecule has 0 aromatic heterocycles. The third-order valence-corrected chi connectivity index (χ3v) is 11.0. The normalized spacial score (nSPS) is 19.1. The first kappa shape index (κ1) is 46.4. The quantitative estimate of drug-likeness (QED) is 0.136. The molecule has 0 spiro atoms. The highest BCUT2D eigenvalue weighted by molar-refractivity contribution is 5.90. The van der Waals surface area contributed by atoms with Gasteiger partial charge in [0.15, 0.2) is 0 Å². The maximum Gasteiger partial charge on any atom is 0.326 e. The van der Waals surface area contributed by atoms with E-state index >= 15 is 0 Å². The van der Waals surface area contributed by atoms with Crippen LogP contribution in [0.3, 0.4) is 0 Å². The van der Waals surface area contributed by atoms with Crippen molar-refractivity contribution in [2.75, 3.05) is 47.6 Å². The lowest BCUT2D eigenvalue weighted by Crippen LogP contribution is -2.59. The highest BCUT2D eigenvalue weighted by Crippen LogP contribution is 2.30. The van der Waals surface area contributed by atoms with Crippen molar-refractivity contribution in [1.82, 2.24) is 25.3 Å². The Morgan fingerprint density at radius 3 is 2.02 bits per heavy atom. The molecule has 5 N–H and O–H groups in total. The monoisotopic (exact) mass is 761 g/mol. The highest BCUT2D eigenvalue weighted by Gasteiger charge is 2.43. The van der Waals surface area contributed by atoms with Crippen LogP contribution in [-0.4, -0.2) is 134 Å². The van der Waals surface area contributed by atoms with E-state index in [0.29, 0.717) is 37.1 Å². The Morgan fingerprint density at radius 1 is 0.926 bits per heavy atom. The molecule has 306 valence electrons. The molecule has 1 fully saturated rings. The molecule has 1 heterocycles. The van der Waals surface area contributed by atoms with Crippen molar-refractivity contribution < 1.29 is 38.6 Å². The molecule has 1 saturated heterocycles. The molecule has 1 aliphatic rings. The Bertz CT molecular complexity index is 1380. The van der Waals surface area contributed by atoms with Gasteiger partial charge in [0.1, 0.15) is 12.1 Å². The van der Waals surface area contributed by atoms with E-state index in [1.165, 1.54) is 14.2 Å². The van der Waals surface area contributed by atoms with Gasteiger partial charge in [-0.1, -0.05) is 67.0 Å². The number of carboxylic acid groups (broad SMARTS) is 1. The van der Waals surface area contributed by atoms with Crippen LogP contribution in [-0.2, 0) is 39.9 Å². The van der Waals surface area contributed by atoms with E-state index in [9.17, 15) is 29.1 Å². The van der Waals surface area contributed by atoms with Crippen LogP contribution in [0.4, 0.5) is 5.69 Å². The molecule has 2 rings (SSSR count). The van der Waals surface area contributed by atoms with E-state index in [1.54, 1.807) is 48.0 Å². The van der Waals surface area contributed by atoms with Crippen LogP contribution in [0.2, 0.25) is 0 Å². The zero-order valence-corrected chi connectivity index (χ0v) is 34.6. The Balaban J connectivity index is 2.27. The second kappa shape index (κ2) is 21.4. The summed E-state index contributed by atoms with van der Waals surface area (Å²) in [7, 11) is 8.42. The number of carboxylic acids is 1. The number of amides is 4. The Hall–Kier alpha value is -3.75. The lowest BCUT2D eigenvalue weighted by atomic mass is 9.89. The lowest BCUT2D eigenvalue weighted by Gasteiger charge is -2.41. The number of likely N-dealkylation sites (tertiary alicyclic amines) is 1. The van der Waals surface area contributed by atoms with Crippen molar-refractivity contribution in [2.45, 2.75) is 123 Å². The average molecular weight is 761 g/mol. The summed E-state index contributed by atoms with van der Waals surface area (Å²) in [6.45, 7) is 13.9. The van der Waals surface area contributed by atoms with Crippen LogP contribution in [0, 0.1) is 23.7 Å². The van der Waals surface area contributed by atoms with Gasteiger partial charge in [-0.05, 0) is 62.4 Å². The van der Waals surface area contributed by atoms with Gasteiger partial charge < -0.3 is 40.7 Å². The average Bonchev–Trinajstić information content (AvgIpc) is 3.59. The van der Waals surface area contributed by atoms with Gasteiger partial charge in [-0.15, -0.1) is 0 Å². The number of methoxy groups -OCH3 is 2. The molecule has 0 saturated carbocycles. The summed E-state index contributed by atoms with van der Waals surface area (Å²) in [5.41, 5.74) is 7.03. The highest BCUT2D eigenvalue weighted by atomic mass is 16.5. The number of likely N-dealkylation sites (N-methyl/N-ethyl adjacent to an activating group) is 2. The fraction of sp³-hybridized carbons (Fsp3) is 0.725. The van der Waals surface area contributed by atoms with Gasteiger partial charge >= 0.3 is 5.97 Å². The number of carbonyl (C=O) groups is 5. The summed E-state index contributed by atoms with van der Waals surface area (Å²) in [4.78, 5) is 72.6. The molecular formula is C40H68N6O8. The number of nitrogens with one attached hydrogen (secondary N) is 2. The van der Waals surface area contributed by atoms with Crippen molar-refractivity contribution >= 4 is 35.3 Å². The maximum atomic E-state index is 14.2. The minimum atomic E-state index is -1.17. The number of anilines is 1. The molecular weight excluding hydrogens is 692 g/mol. The van der Waals surface area contributed by atoms with Crippen LogP contribution in [0.25, 0.3) is 0 Å². The van der Waals surface area contributed by atoms with E-state index in [1.807, 2.05) is 60.5 Å². The summed E-state index contributed by atoms with van der Waals surface area (Å²) >= 11 is 0. The van der Waals surface area contributed by atoms with Crippen LogP contribution in [0.1, 0.15) is 79.7 Å². The second-order valence-corrected chi connectivity index (χ2v) is 15.8. The SMILES string of the molecule is CC[C@H](C)C(C(CC(=O)N1CCCC1C(OC)C(C)C(=O)N[C@@H](Cc1ccc(N)cc1)C(=O)O)OC)N(C)C(=O)[C@@H](NC(=O)C(C(C)C)N(C)C)C(C)C. The number of nitrogen functional groups attached to an aromatic ring is 1. The molecule has 0 bridgehead atoms. The molecule has 6 unspecified atom stereocenters. The van der Waals surface area contributed by atoms with Gasteiger partial charge in [0.25, 0.3) is 0 Å². The van der Waals surface area contributed by atoms with Crippen LogP contribution in [0.15, 0.2) is 24.3 Å². The molecule has 9 atom stereocenters. The van der Waals surface area contributed by atoms with Crippen LogP contribution < -0.4 is 16.4 Å². The Morgan fingerprint density at radius 2 is 1.54 bits per heavy atom. The minimum Gasteiger partial charge on any atom is -0.480 e. The smallest absolute Gasteiger partial charge is 0.326 e. The minimum absolute atomic E-state index is 0.0198. The number of nitrogens with two attached hydrogens (primary N) is 1. The van der Waals surface area contributed by atoms with Gasteiger partial charge in [-0.3, -0.25) is 24.1 Å². The third-order valence-electron chi connectivity index (χ3n) is 11.0. The maximum absolute atomic E-state index is 14.2. The molecule has 14 nitrogen and oxygen atoms in total. The van der Waals surface area contributed by atoms with Gasteiger partial charge in [-0.25, -0.2) is 4.79 Å². The predicted octanol–water partition coefficient (Wildman–Crippen LogP) is 3.03. The zero-order chi connectivity index (χ0) is 41.0. The van der Waals surface area contributed by atoms with Crippen LogP contribution in [0.5, 0.6) is 0 Å². The summed E-state index contributed by atoms with van der Waals surface area (Å²) in [5.74, 6) is -3.32. The summed E-state index contributed by atoms with van der Waals surface area (Å²) in [5, 5.41) is 15.6. The Kier molecular flexibility index (Phi) is 18.4. The number of nitrogens with zero attached hydrogens (tertiary/aromatic N) is 3. The molecule has 54 heavy (non-hydrogen) atoms. The van der Waals surface area contributed by atoms with Crippen molar-refractivity contribution in [3.05, 3.63) is 29.8 Å². The fourth-order valence-electron chi connectivity index (χ4n) is 7.80. The molecule has 0 radical (unpaired) electrons. The zero-order valence-electron chi connectivity index (χ0n) is 34.6. The van der Waals surface area contributed by atoms with Gasteiger partial charge in [0.2, 0.25) is 23.6 Å². The second-order valence-electron chi connectivity index (χ2n) is 15.8. The third kappa shape index (κ3) is 12.1. The first-order valence-corrected chi connectivity index (χ1v) is 19.3. The number of ether oxygens (including phenoxy) is 2. The summed E-state index contributed by atoms with van der Waals surface area (Å²) < 4.78 is 11.9. The van der Waals surface area contributed by atoms with E-state index in [0.717, 1.165) is 0 Å². The van der Waals surface area contributed by atoms with Gasteiger partial charge in [-0.2, -0.15) is 0 Å². The molecule has 1 aromatic rings. The number of aliphatic carboxylic acids is 1. The van der Waals surface area contributed by atoms with Crippen molar-refractivity contribution in [3.63, 3.8) is 0 Å². The number of hydrogen-bond donors (Lipinski definition) is 4. The molecule has 1 aromatic carbocycles. The standard InChI is InChI=1S/C40H68N6O8/c1-13-25(6)35(45(10)39(50)33(23(2)3)43-38(49)34(24(4)5)44(8)9)31(53-11)22-32(47)46-20-14-15-30(46)36(54-12)26(7)37(48)42-29(40(51)52)21-27-16-18-28(41)19-17-27/h16-19,23-26,29-31,33-36H,13-15,20-22,41H2,1-12H3,(H,42,48)(H,43,49)(H,51,52)/t25-,26?,29-,30?,31?,33-,34?,35?,36?/m0/s1. The van der Waals surface area contributed by atoms with E-state index in [2.05, 4.69) is 10.6 Å². The Labute approximate surface area is 322 Å². The van der Waals surface area contributed by atoms with E-state index in [-0.39, 0.29) is 48.3 Å². The van der Waals surface area contributed by atoms with E-state index in [4.69, 9.17) is 15.2 Å². The number of benzene rings is 1. The molecule has 4 amide bonds. The molecule has 14 heteroatoms. The number of carbonyl (C=O) groups excluding carboxylic acids is 4. The number of hydrogen-bond acceptors (Lipinski definition) is 9. The summed E-state index contributed by atoms with van der Waals surface area (Å²) in [6.07, 6.45) is 0.698. The fourth-order valence-corrected chi connectivity index (χ4v) is 7.80. The molecule has 1 aliphatic heterocycles. The van der Waals surface area contributed by atoms with Crippen molar-refractivity contribution in [2.24, 2.45) is 23.7 Å². The van der Waals surface area contributed by atoms with Crippen LogP contribution >= 0.6 is 0 Å². The number of rotatable bonds is 21. The topological polar surface area (TPSA) is 184 Å².